The van der Waals surface area contributed by atoms with E-state index in [1.165, 1.54) is 12.1 Å². The summed E-state index contributed by atoms with van der Waals surface area (Å²) in [5.41, 5.74) is 2.27. The van der Waals surface area contributed by atoms with Gasteiger partial charge in [0.15, 0.2) is 17.8 Å². The minimum absolute atomic E-state index is 0.0540. The van der Waals surface area contributed by atoms with Crippen LogP contribution < -0.4 is 10.5 Å². The summed E-state index contributed by atoms with van der Waals surface area (Å²) in [7, 11) is 0. The molecule has 5 rings (SSSR count). The molecule has 3 saturated carbocycles. The lowest BCUT2D eigenvalue weighted by atomic mass is 9.73. The predicted octanol–water partition coefficient (Wildman–Crippen LogP) is 5.43. The molecule has 3 aliphatic carbocycles. The van der Waals surface area contributed by atoms with Gasteiger partial charge in [0, 0.05) is 17.0 Å². The average molecular weight is 663 g/mol. The van der Waals surface area contributed by atoms with E-state index in [2.05, 4.69) is 9.84 Å². The Morgan fingerprint density at radius 1 is 1.20 bits per heavy atom. The second-order valence-corrected chi connectivity index (χ2v) is 13.8. The van der Waals surface area contributed by atoms with Crippen molar-refractivity contribution < 1.29 is 46.5 Å². The smallest absolute Gasteiger partial charge is 0.433 e. The maximum absolute atomic E-state index is 14.7. The lowest BCUT2D eigenvalue weighted by Crippen LogP contribution is -2.46. The van der Waals surface area contributed by atoms with Crippen LogP contribution in [-0.2, 0) is 6.18 Å². The molecule has 3 atom stereocenters. The summed E-state index contributed by atoms with van der Waals surface area (Å²) in [4.78, 5) is 28.7. The van der Waals surface area contributed by atoms with Gasteiger partial charge in [-0.25, -0.2) is 0 Å². The Bertz CT molecular complexity index is 1470. The Morgan fingerprint density at radius 3 is 2.38 bits per heavy atom. The molecule has 248 valence electrons. The first-order valence-electron chi connectivity index (χ1n) is 14.7. The summed E-state index contributed by atoms with van der Waals surface area (Å²) < 4.78 is 75.5. The summed E-state index contributed by atoms with van der Waals surface area (Å²) in [6.07, 6.45) is -4.53. The van der Waals surface area contributed by atoms with Crippen molar-refractivity contribution in [2.75, 3.05) is 6.54 Å². The fourth-order valence-electron chi connectivity index (χ4n) is 7.46. The highest BCUT2D eigenvalue weighted by atomic mass is 35.5. The Morgan fingerprint density at radius 2 is 1.84 bits per heavy atom. The Hall–Kier alpha value is -2.81. The van der Waals surface area contributed by atoms with Gasteiger partial charge in [0.1, 0.15) is 5.75 Å². The quantitative estimate of drug-likeness (QED) is 0.185. The molecule has 0 spiro atoms. The molecular formula is C30H36ClF5N4O5. The van der Waals surface area contributed by atoms with Gasteiger partial charge in [0.25, 0.3) is 5.91 Å². The number of benzene rings is 1. The second kappa shape index (κ2) is 11.5. The molecule has 9 nitrogen and oxygen atoms in total. The number of aliphatic hydroxyl groups is 2. The molecule has 1 aromatic heterocycles. The van der Waals surface area contributed by atoms with Crippen LogP contribution in [0.25, 0.3) is 0 Å². The van der Waals surface area contributed by atoms with Crippen LogP contribution in [0.5, 0.6) is 5.75 Å². The summed E-state index contributed by atoms with van der Waals surface area (Å²) in [6.45, 7) is 1.50. The first-order chi connectivity index (χ1) is 20.8. The number of ether oxygens (including phenoxy) is 1. The van der Waals surface area contributed by atoms with Gasteiger partial charge in [0.2, 0.25) is 0 Å². The predicted molar refractivity (Wildman–Crippen MR) is 152 cm³/mol. The molecule has 45 heavy (non-hydrogen) atoms. The number of carbonyl (C=O) groups is 2. The SMILES string of the molecule is CC1(C(O)O)CCC(n2ncc(C(=O)N(CC(=O)c3c(Cl)cccc3OC(F)F)C3CC4C(C)(C)C4(N)C3)c2C(F)(F)F)CC1. The van der Waals surface area contributed by atoms with Gasteiger partial charge in [0.05, 0.1) is 34.9 Å². The van der Waals surface area contributed by atoms with Gasteiger partial charge >= 0.3 is 12.8 Å². The highest BCUT2D eigenvalue weighted by Gasteiger charge is 2.73. The Balaban J connectivity index is 1.50. The first-order valence-corrected chi connectivity index (χ1v) is 15.1. The van der Waals surface area contributed by atoms with Gasteiger partial charge in [-0.1, -0.05) is 38.4 Å². The molecule has 15 heteroatoms. The zero-order chi connectivity index (χ0) is 33.3. The van der Waals surface area contributed by atoms with Crippen LogP contribution in [-0.4, -0.2) is 67.6 Å². The van der Waals surface area contributed by atoms with E-state index in [0.717, 1.165) is 21.8 Å². The van der Waals surface area contributed by atoms with Crippen LogP contribution in [0.4, 0.5) is 22.0 Å². The van der Waals surface area contributed by atoms with Crippen molar-refractivity contribution in [1.82, 2.24) is 14.7 Å². The number of halogens is 6. The molecule has 1 heterocycles. The third kappa shape index (κ3) is 5.83. The molecule has 0 saturated heterocycles. The molecule has 3 aliphatic rings. The van der Waals surface area contributed by atoms with Gasteiger partial charge in [-0.2, -0.15) is 27.1 Å². The van der Waals surface area contributed by atoms with Crippen molar-refractivity contribution in [3.05, 3.63) is 46.2 Å². The Labute approximate surface area is 261 Å². The molecule has 2 aromatic rings. The lowest BCUT2D eigenvalue weighted by molar-refractivity contribution is -0.152. The number of amides is 1. The molecular weight excluding hydrogens is 627 g/mol. The van der Waals surface area contributed by atoms with E-state index >= 15 is 0 Å². The highest BCUT2D eigenvalue weighted by Crippen LogP contribution is 2.69. The van der Waals surface area contributed by atoms with Gasteiger partial charge in [-0.15, -0.1) is 0 Å². The molecule has 1 aromatic carbocycles. The molecule has 0 aliphatic heterocycles. The molecule has 4 N–H and O–H groups in total. The summed E-state index contributed by atoms with van der Waals surface area (Å²) in [5, 5.41) is 23.2. The number of hydrogen-bond acceptors (Lipinski definition) is 7. The van der Waals surface area contributed by atoms with Crippen molar-refractivity contribution in [1.29, 1.82) is 0 Å². The average Bonchev–Trinajstić information content (AvgIpc) is 3.35. The molecule has 0 radical (unpaired) electrons. The number of aliphatic hydroxyl groups excluding tert-OH is 1. The van der Waals surface area contributed by atoms with Gasteiger partial charge in [-0.3, -0.25) is 14.3 Å². The van der Waals surface area contributed by atoms with E-state index in [9.17, 15) is 41.8 Å². The summed E-state index contributed by atoms with van der Waals surface area (Å²) in [5.74, 6) is -2.58. The zero-order valence-electron chi connectivity index (χ0n) is 25.0. The largest absolute Gasteiger partial charge is 0.434 e. The Kier molecular flexibility index (Phi) is 8.55. The van der Waals surface area contributed by atoms with E-state index in [-0.39, 0.29) is 48.5 Å². The maximum atomic E-state index is 14.7. The van der Waals surface area contributed by atoms with E-state index in [1.807, 2.05) is 13.8 Å². The normalized spacial score (nSPS) is 29.2. The molecule has 1 amide bonds. The zero-order valence-corrected chi connectivity index (χ0v) is 25.7. The number of fused-ring (bicyclic) bond motifs is 1. The number of rotatable bonds is 9. The third-order valence-electron chi connectivity index (χ3n) is 10.5. The van der Waals surface area contributed by atoms with Crippen molar-refractivity contribution in [2.24, 2.45) is 22.5 Å². The number of hydrogen-bond donors (Lipinski definition) is 3. The number of alkyl halides is 5. The first kappa shape index (κ1) is 33.6. The van der Waals surface area contributed by atoms with Gasteiger partial charge in [-0.05, 0) is 62.0 Å². The van der Waals surface area contributed by atoms with E-state index in [1.54, 1.807) is 6.92 Å². The fraction of sp³-hybridized carbons (Fsp3) is 0.633. The second-order valence-electron chi connectivity index (χ2n) is 13.4. The summed E-state index contributed by atoms with van der Waals surface area (Å²) in [6, 6.07) is 2.18. The van der Waals surface area contributed by atoms with Crippen LogP contribution in [0.15, 0.2) is 24.4 Å². The van der Waals surface area contributed by atoms with Crippen molar-refractivity contribution in [2.45, 2.75) is 96.0 Å². The van der Waals surface area contributed by atoms with Crippen LogP contribution in [0.2, 0.25) is 5.02 Å². The lowest BCUT2D eigenvalue weighted by Gasteiger charge is -2.39. The number of ketones is 1. The van der Waals surface area contributed by atoms with Crippen molar-refractivity contribution in [3.8, 4) is 5.75 Å². The molecule has 3 unspecified atom stereocenters. The van der Waals surface area contributed by atoms with E-state index in [0.29, 0.717) is 6.42 Å². The van der Waals surface area contributed by atoms with Crippen LogP contribution in [0.3, 0.4) is 0 Å². The minimum Gasteiger partial charge on any atom is -0.434 e. The molecule has 0 bridgehead atoms. The number of nitrogens with two attached hydrogens (primary N) is 1. The monoisotopic (exact) mass is 662 g/mol. The van der Waals surface area contributed by atoms with Crippen molar-refractivity contribution >= 4 is 23.3 Å². The standard InChI is InChI=1S/C30H36ClF5N4O5/c1-27(2)21-11-16(12-29(21,27)37)39(14-19(41)22-18(31)5-4-6-20(22)45-26(32)33)24(42)17-13-38-40(23(17)30(34,35)36)15-7-9-28(3,10-8-15)25(43)44/h4-6,13,15-16,21,25-26,43-44H,7-12,14,37H2,1-3H3. The number of aromatic nitrogens is 2. The highest BCUT2D eigenvalue weighted by molar-refractivity contribution is 6.34. The van der Waals surface area contributed by atoms with E-state index in [4.69, 9.17) is 17.3 Å². The minimum atomic E-state index is -5.01. The number of Topliss-reactive ketones (excluding diaryl/α,β-unsaturated/α-hetero) is 1. The van der Waals surface area contributed by atoms with Crippen molar-refractivity contribution in [3.63, 3.8) is 0 Å². The topological polar surface area (TPSA) is 131 Å². The number of nitrogens with zero attached hydrogens (tertiary/aromatic N) is 3. The number of carbonyl (C=O) groups excluding carboxylic acids is 2. The van der Waals surface area contributed by atoms with Crippen LogP contribution in [0.1, 0.15) is 91.7 Å². The third-order valence-corrected chi connectivity index (χ3v) is 10.9. The van der Waals surface area contributed by atoms with E-state index < -0.39 is 82.9 Å². The van der Waals surface area contributed by atoms with Crippen LogP contribution in [0, 0.1) is 16.7 Å². The van der Waals surface area contributed by atoms with Crippen LogP contribution >= 0.6 is 11.6 Å². The maximum Gasteiger partial charge on any atom is 0.433 e. The fourth-order valence-corrected chi connectivity index (χ4v) is 7.73. The molecule has 3 fully saturated rings. The summed E-state index contributed by atoms with van der Waals surface area (Å²) >= 11 is 6.19. The van der Waals surface area contributed by atoms with Gasteiger partial charge < -0.3 is 25.6 Å².